The van der Waals surface area contributed by atoms with E-state index in [4.69, 9.17) is 16.3 Å². The van der Waals surface area contributed by atoms with Crippen LogP contribution < -0.4 is 5.32 Å². The maximum atomic E-state index is 12.1. The third-order valence-corrected chi connectivity index (χ3v) is 5.77. The number of nitrogens with zero attached hydrogens (tertiary/aromatic N) is 1. The Balaban J connectivity index is 1.73. The van der Waals surface area contributed by atoms with Gasteiger partial charge in [0, 0.05) is 16.4 Å². The first kappa shape index (κ1) is 23.3. The average Bonchev–Trinajstić information content (AvgIpc) is 2.67. The molecule has 2 rings (SSSR count). The van der Waals surface area contributed by atoms with Gasteiger partial charge in [0.25, 0.3) is 5.91 Å². The van der Waals surface area contributed by atoms with Crippen molar-refractivity contribution in [1.29, 1.82) is 0 Å². The van der Waals surface area contributed by atoms with Crippen LogP contribution in [0.5, 0.6) is 0 Å². The Morgan fingerprint density at radius 1 is 1.21 bits per heavy atom. The van der Waals surface area contributed by atoms with Gasteiger partial charge in [-0.05, 0) is 42.8 Å². The summed E-state index contributed by atoms with van der Waals surface area (Å²) in [6, 6.07) is 12.6. The highest BCUT2D eigenvalue weighted by molar-refractivity contribution is 9.10. The number of benzene rings is 2. The number of ether oxygens (including phenoxy) is 1. The predicted octanol–water partition coefficient (Wildman–Crippen LogP) is 4.14. The molecule has 29 heavy (non-hydrogen) atoms. The molecule has 0 atom stereocenters. The lowest BCUT2D eigenvalue weighted by atomic mass is 10.2. The van der Waals surface area contributed by atoms with Crippen molar-refractivity contribution in [1.82, 2.24) is 4.90 Å². The maximum Gasteiger partial charge on any atom is 0.316 e. The summed E-state index contributed by atoms with van der Waals surface area (Å²) in [5.41, 5.74) is 1.50. The van der Waals surface area contributed by atoms with Crippen molar-refractivity contribution >= 4 is 62.8 Å². The standard InChI is InChI=1S/C20H20BrClN2O4S/c1-13-9-14(21)7-8-17(13)29-12-20(27)28-11-19(26)24(2)10-18(25)23-16-6-4-3-5-15(16)22/h3-9H,10-12H2,1-2H3,(H,23,25). The molecule has 0 aromatic heterocycles. The van der Waals surface area contributed by atoms with E-state index in [9.17, 15) is 14.4 Å². The molecular formula is C20H20BrClN2O4S. The van der Waals surface area contributed by atoms with Gasteiger partial charge < -0.3 is 15.0 Å². The highest BCUT2D eigenvalue weighted by atomic mass is 79.9. The van der Waals surface area contributed by atoms with Crippen molar-refractivity contribution in [2.75, 3.05) is 31.3 Å². The Morgan fingerprint density at radius 2 is 1.93 bits per heavy atom. The Labute approximate surface area is 187 Å². The van der Waals surface area contributed by atoms with Crippen molar-refractivity contribution in [2.45, 2.75) is 11.8 Å². The summed E-state index contributed by atoms with van der Waals surface area (Å²) >= 11 is 10.7. The number of aryl methyl sites for hydroxylation is 1. The second kappa shape index (κ2) is 11.2. The molecule has 2 aromatic rings. The van der Waals surface area contributed by atoms with Gasteiger partial charge in [0.15, 0.2) is 6.61 Å². The molecule has 0 bridgehead atoms. The minimum atomic E-state index is -0.500. The lowest BCUT2D eigenvalue weighted by Crippen LogP contribution is -2.37. The zero-order valence-electron chi connectivity index (χ0n) is 15.9. The Bertz CT molecular complexity index is 910. The Hall–Kier alpha value is -2.03. The molecule has 0 aliphatic carbocycles. The molecule has 1 N–H and O–H groups in total. The minimum absolute atomic E-state index is 0.0897. The molecule has 0 aliphatic heterocycles. The van der Waals surface area contributed by atoms with Crippen molar-refractivity contribution in [3.8, 4) is 0 Å². The molecule has 0 radical (unpaired) electrons. The lowest BCUT2D eigenvalue weighted by molar-refractivity contribution is -0.149. The second-order valence-corrected chi connectivity index (χ2v) is 8.48. The first-order valence-electron chi connectivity index (χ1n) is 8.59. The van der Waals surface area contributed by atoms with Crippen molar-refractivity contribution in [3.63, 3.8) is 0 Å². The zero-order valence-corrected chi connectivity index (χ0v) is 19.1. The molecule has 0 saturated heterocycles. The Kier molecular flexibility index (Phi) is 9.00. The Morgan fingerprint density at radius 3 is 2.62 bits per heavy atom. The molecule has 2 amide bonds. The first-order chi connectivity index (χ1) is 13.8. The summed E-state index contributed by atoms with van der Waals surface area (Å²) in [4.78, 5) is 38.2. The minimum Gasteiger partial charge on any atom is -0.455 e. The number of likely N-dealkylation sites (N-methyl/N-ethyl adjacent to an activating group) is 1. The van der Waals surface area contributed by atoms with E-state index in [0.717, 1.165) is 14.9 Å². The molecule has 9 heteroatoms. The fraction of sp³-hybridized carbons (Fsp3) is 0.250. The van der Waals surface area contributed by atoms with Gasteiger partial charge in [0.1, 0.15) is 0 Å². The number of carbonyl (C=O) groups is 3. The van der Waals surface area contributed by atoms with Crippen molar-refractivity contribution in [2.24, 2.45) is 0 Å². The topological polar surface area (TPSA) is 75.7 Å². The molecule has 6 nitrogen and oxygen atoms in total. The second-order valence-electron chi connectivity index (χ2n) is 6.14. The van der Waals surface area contributed by atoms with Crippen LogP contribution in [-0.2, 0) is 19.1 Å². The quantitative estimate of drug-likeness (QED) is 0.436. The number of carbonyl (C=O) groups excluding carboxylic acids is 3. The van der Waals surface area contributed by atoms with E-state index in [1.165, 1.54) is 23.7 Å². The van der Waals surface area contributed by atoms with Crippen LogP contribution in [-0.4, -0.2) is 48.6 Å². The SMILES string of the molecule is Cc1cc(Br)ccc1SCC(=O)OCC(=O)N(C)CC(=O)Nc1ccccc1Cl. The van der Waals surface area contributed by atoms with Gasteiger partial charge in [0.2, 0.25) is 5.91 Å². The average molecular weight is 500 g/mol. The molecule has 2 aromatic carbocycles. The normalized spacial score (nSPS) is 10.3. The van der Waals surface area contributed by atoms with Crippen LogP contribution in [0.4, 0.5) is 5.69 Å². The largest absolute Gasteiger partial charge is 0.455 e. The fourth-order valence-corrected chi connectivity index (χ4v) is 3.73. The van der Waals surface area contributed by atoms with Crippen LogP contribution in [0.2, 0.25) is 5.02 Å². The van der Waals surface area contributed by atoms with E-state index in [2.05, 4.69) is 21.2 Å². The number of hydrogen-bond donors (Lipinski definition) is 1. The van der Waals surface area contributed by atoms with Gasteiger partial charge >= 0.3 is 5.97 Å². The van der Waals surface area contributed by atoms with Gasteiger partial charge in [-0.1, -0.05) is 39.7 Å². The molecule has 0 unspecified atom stereocenters. The summed E-state index contributed by atoms with van der Waals surface area (Å²) in [5.74, 6) is -1.29. The van der Waals surface area contributed by atoms with Gasteiger partial charge in [-0.15, -0.1) is 11.8 Å². The van der Waals surface area contributed by atoms with E-state index in [1.807, 2.05) is 25.1 Å². The molecule has 0 saturated carbocycles. The summed E-state index contributed by atoms with van der Waals surface area (Å²) in [6.07, 6.45) is 0. The van der Waals surface area contributed by atoms with E-state index in [1.54, 1.807) is 24.3 Å². The van der Waals surface area contributed by atoms with Crippen LogP contribution in [0.15, 0.2) is 51.8 Å². The predicted molar refractivity (Wildman–Crippen MR) is 118 cm³/mol. The van der Waals surface area contributed by atoms with Crippen molar-refractivity contribution < 1.29 is 19.1 Å². The number of nitrogens with one attached hydrogen (secondary N) is 1. The summed E-state index contributed by atoms with van der Waals surface area (Å²) in [7, 11) is 1.46. The van der Waals surface area contributed by atoms with Gasteiger partial charge in [-0.2, -0.15) is 0 Å². The smallest absolute Gasteiger partial charge is 0.316 e. The van der Waals surface area contributed by atoms with Gasteiger partial charge in [0.05, 0.1) is 23.0 Å². The zero-order chi connectivity index (χ0) is 21.4. The number of rotatable bonds is 8. The highest BCUT2D eigenvalue weighted by Crippen LogP contribution is 2.25. The van der Waals surface area contributed by atoms with Gasteiger partial charge in [-0.25, -0.2) is 0 Å². The molecule has 0 fully saturated rings. The van der Waals surface area contributed by atoms with E-state index in [0.29, 0.717) is 10.7 Å². The van der Waals surface area contributed by atoms with Crippen molar-refractivity contribution in [3.05, 3.63) is 57.5 Å². The number of anilines is 1. The van der Waals surface area contributed by atoms with Crippen LogP contribution in [0, 0.1) is 6.92 Å². The first-order valence-corrected chi connectivity index (χ1v) is 10.7. The fourth-order valence-electron chi connectivity index (χ4n) is 2.26. The summed E-state index contributed by atoms with van der Waals surface area (Å²) in [5, 5.41) is 3.03. The molecular weight excluding hydrogens is 480 g/mol. The highest BCUT2D eigenvalue weighted by Gasteiger charge is 2.16. The maximum absolute atomic E-state index is 12.1. The molecule has 154 valence electrons. The molecule has 0 spiro atoms. The molecule has 0 heterocycles. The third kappa shape index (κ3) is 7.72. The number of hydrogen-bond acceptors (Lipinski definition) is 5. The number of para-hydroxylation sites is 1. The number of esters is 1. The van der Waals surface area contributed by atoms with Crippen LogP contribution >= 0.6 is 39.3 Å². The molecule has 0 aliphatic rings. The van der Waals surface area contributed by atoms with E-state index < -0.39 is 24.4 Å². The number of thioether (sulfide) groups is 1. The summed E-state index contributed by atoms with van der Waals surface area (Å²) < 4.78 is 5.98. The van der Waals surface area contributed by atoms with E-state index in [-0.39, 0.29) is 12.3 Å². The van der Waals surface area contributed by atoms with Crippen LogP contribution in [0.25, 0.3) is 0 Å². The number of halogens is 2. The van der Waals surface area contributed by atoms with Crippen LogP contribution in [0.1, 0.15) is 5.56 Å². The monoisotopic (exact) mass is 498 g/mol. The number of amides is 2. The van der Waals surface area contributed by atoms with Gasteiger partial charge in [-0.3, -0.25) is 14.4 Å². The van der Waals surface area contributed by atoms with Crippen LogP contribution in [0.3, 0.4) is 0 Å². The van der Waals surface area contributed by atoms with E-state index >= 15 is 0 Å². The summed E-state index contributed by atoms with van der Waals surface area (Å²) in [6.45, 7) is 1.34. The third-order valence-electron chi connectivity index (χ3n) is 3.79. The lowest BCUT2D eigenvalue weighted by Gasteiger charge is -2.17.